The van der Waals surface area contributed by atoms with Gasteiger partial charge < -0.3 is 15.4 Å². The first-order chi connectivity index (χ1) is 14.0. The summed E-state index contributed by atoms with van der Waals surface area (Å²) in [5.74, 6) is -0.407. The van der Waals surface area contributed by atoms with Crippen LogP contribution in [0.4, 0.5) is 5.69 Å². The molecule has 29 heavy (non-hydrogen) atoms. The summed E-state index contributed by atoms with van der Waals surface area (Å²) in [5, 5.41) is 7.68. The summed E-state index contributed by atoms with van der Waals surface area (Å²) in [6.45, 7) is 4.33. The van der Waals surface area contributed by atoms with Crippen LogP contribution in [0.2, 0.25) is 0 Å². The molecule has 0 aliphatic carbocycles. The van der Waals surface area contributed by atoms with Gasteiger partial charge in [-0.15, -0.1) is 11.3 Å². The van der Waals surface area contributed by atoms with Gasteiger partial charge in [0.15, 0.2) is 0 Å². The molecule has 2 N–H and O–H groups in total. The molecule has 2 aromatic carbocycles. The molecule has 1 aromatic heterocycles. The number of methoxy groups -OCH3 is 1. The minimum atomic E-state index is -0.213. The maximum atomic E-state index is 12.8. The molecule has 1 unspecified atom stereocenters. The van der Waals surface area contributed by atoms with Gasteiger partial charge in [0, 0.05) is 24.4 Å². The molecule has 0 bridgehead atoms. The zero-order valence-corrected chi connectivity index (χ0v) is 17.5. The van der Waals surface area contributed by atoms with E-state index >= 15 is 0 Å². The highest BCUT2D eigenvalue weighted by Crippen LogP contribution is 2.26. The largest absolute Gasteiger partial charge is 0.383 e. The van der Waals surface area contributed by atoms with Crippen LogP contribution in [0.3, 0.4) is 0 Å². The number of anilines is 1. The Hall–Kier alpha value is -2.96. The first-order valence-corrected chi connectivity index (χ1v) is 10.2. The van der Waals surface area contributed by atoms with E-state index in [2.05, 4.69) is 10.6 Å². The third kappa shape index (κ3) is 5.53. The van der Waals surface area contributed by atoms with Crippen molar-refractivity contribution in [1.82, 2.24) is 5.32 Å². The topological polar surface area (TPSA) is 67.4 Å². The molecule has 2 amide bonds. The molecule has 0 spiro atoms. The fraction of sp³-hybridized carbons (Fsp3) is 0.217. The Morgan fingerprint density at radius 1 is 1.03 bits per heavy atom. The first-order valence-electron chi connectivity index (χ1n) is 9.33. The summed E-state index contributed by atoms with van der Waals surface area (Å²) >= 11 is 1.37. The van der Waals surface area contributed by atoms with Crippen LogP contribution in [0.25, 0.3) is 11.1 Å². The second-order valence-corrected chi connectivity index (χ2v) is 7.87. The lowest BCUT2D eigenvalue weighted by molar-refractivity contribution is 0.0905. The van der Waals surface area contributed by atoms with Crippen molar-refractivity contribution < 1.29 is 14.3 Å². The number of hydrogen-bond donors (Lipinski definition) is 2. The Labute approximate surface area is 174 Å². The van der Waals surface area contributed by atoms with Crippen LogP contribution < -0.4 is 10.6 Å². The van der Waals surface area contributed by atoms with Gasteiger partial charge in [0.25, 0.3) is 11.8 Å². The molecule has 0 aliphatic heterocycles. The number of nitrogens with one attached hydrogen (secondary N) is 2. The van der Waals surface area contributed by atoms with Crippen LogP contribution in [0.15, 0.2) is 60.0 Å². The lowest BCUT2D eigenvalue weighted by Crippen LogP contribution is -2.35. The van der Waals surface area contributed by atoms with E-state index in [1.165, 1.54) is 11.3 Å². The Kier molecular flexibility index (Phi) is 6.80. The van der Waals surface area contributed by atoms with Crippen LogP contribution in [0.1, 0.15) is 32.5 Å². The van der Waals surface area contributed by atoms with Crippen LogP contribution in [0.5, 0.6) is 0 Å². The van der Waals surface area contributed by atoms with Crippen LogP contribution >= 0.6 is 11.3 Å². The highest BCUT2D eigenvalue weighted by Gasteiger charge is 2.14. The lowest BCUT2D eigenvalue weighted by Gasteiger charge is -2.15. The Morgan fingerprint density at radius 3 is 2.45 bits per heavy atom. The van der Waals surface area contributed by atoms with E-state index in [9.17, 15) is 9.59 Å². The molecule has 150 valence electrons. The van der Waals surface area contributed by atoms with E-state index in [0.29, 0.717) is 22.7 Å². The van der Waals surface area contributed by atoms with Crippen LogP contribution in [0, 0.1) is 6.92 Å². The molecular formula is C23H24N2O3S. The van der Waals surface area contributed by atoms with Gasteiger partial charge >= 0.3 is 0 Å². The van der Waals surface area contributed by atoms with E-state index in [1.54, 1.807) is 19.2 Å². The average Bonchev–Trinajstić information content (AvgIpc) is 3.23. The van der Waals surface area contributed by atoms with Crippen molar-refractivity contribution >= 4 is 28.8 Å². The number of rotatable bonds is 7. The summed E-state index contributed by atoms with van der Waals surface area (Å²) < 4.78 is 5.09. The number of hydrogen-bond acceptors (Lipinski definition) is 4. The molecule has 0 fully saturated rings. The normalized spacial score (nSPS) is 11.7. The zero-order valence-electron chi connectivity index (χ0n) is 16.7. The molecule has 0 saturated heterocycles. The van der Waals surface area contributed by atoms with Crippen molar-refractivity contribution in [3.8, 4) is 11.1 Å². The summed E-state index contributed by atoms with van der Waals surface area (Å²) in [7, 11) is 1.60. The number of thiophene rings is 1. The quantitative estimate of drug-likeness (QED) is 0.593. The van der Waals surface area contributed by atoms with Gasteiger partial charge in [0.05, 0.1) is 11.5 Å². The van der Waals surface area contributed by atoms with Crippen molar-refractivity contribution in [2.24, 2.45) is 0 Å². The third-order valence-corrected chi connectivity index (χ3v) is 5.25. The van der Waals surface area contributed by atoms with Crippen LogP contribution in [-0.2, 0) is 4.74 Å². The fourth-order valence-corrected chi connectivity index (χ4v) is 3.56. The highest BCUT2D eigenvalue weighted by atomic mass is 32.1. The van der Waals surface area contributed by atoms with Gasteiger partial charge in [-0.1, -0.05) is 35.9 Å². The molecule has 0 saturated carbocycles. The smallest absolute Gasteiger partial charge is 0.265 e. The van der Waals surface area contributed by atoms with Gasteiger partial charge in [0.2, 0.25) is 0 Å². The van der Waals surface area contributed by atoms with Crippen molar-refractivity contribution in [3.63, 3.8) is 0 Å². The summed E-state index contributed by atoms with van der Waals surface area (Å²) in [5.41, 5.74) is 4.04. The molecular weight excluding hydrogens is 384 g/mol. The monoisotopic (exact) mass is 408 g/mol. The first kappa shape index (κ1) is 20.8. The Bertz CT molecular complexity index is 982. The molecule has 3 aromatic rings. The maximum Gasteiger partial charge on any atom is 0.265 e. The van der Waals surface area contributed by atoms with Crippen molar-refractivity contribution in [2.75, 3.05) is 19.0 Å². The predicted molar refractivity (Wildman–Crippen MR) is 118 cm³/mol. The zero-order chi connectivity index (χ0) is 20.8. The van der Waals surface area contributed by atoms with Gasteiger partial charge in [-0.05, 0) is 54.6 Å². The minimum Gasteiger partial charge on any atom is -0.383 e. The number of carbonyl (C=O) groups is 2. The van der Waals surface area contributed by atoms with Gasteiger partial charge in [0.1, 0.15) is 0 Å². The van der Waals surface area contributed by atoms with Crippen molar-refractivity contribution in [1.29, 1.82) is 0 Å². The minimum absolute atomic E-state index is 0.125. The SMILES string of the molecule is COCC(C)NC(=O)c1cc(NC(=O)c2cccs2)cc(-c2ccc(C)cc2)c1. The molecule has 5 nitrogen and oxygen atoms in total. The standard InChI is InChI=1S/C23H24N2O3S/c1-15-6-8-17(9-7-15)18-11-19(22(26)24-16(2)14-28-3)13-20(12-18)25-23(27)21-5-4-10-29-21/h4-13,16H,14H2,1-3H3,(H,24,26)(H,25,27). The fourth-order valence-electron chi connectivity index (χ4n) is 2.94. The second kappa shape index (κ2) is 9.49. The van der Waals surface area contributed by atoms with E-state index in [4.69, 9.17) is 4.74 Å². The number of benzene rings is 2. The summed E-state index contributed by atoms with van der Waals surface area (Å²) in [6.07, 6.45) is 0. The Morgan fingerprint density at radius 2 is 1.79 bits per heavy atom. The second-order valence-electron chi connectivity index (χ2n) is 6.93. The molecule has 1 atom stereocenters. The van der Waals surface area contributed by atoms with E-state index in [1.807, 2.05) is 61.7 Å². The highest BCUT2D eigenvalue weighted by molar-refractivity contribution is 7.12. The van der Waals surface area contributed by atoms with Gasteiger partial charge in [-0.25, -0.2) is 0 Å². The van der Waals surface area contributed by atoms with E-state index in [-0.39, 0.29) is 17.9 Å². The summed E-state index contributed by atoms with van der Waals surface area (Å²) in [4.78, 5) is 25.9. The molecule has 3 rings (SSSR count). The number of aryl methyl sites for hydroxylation is 1. The van der Waals surface area contributed by atoms with Crippen molar-refractivity contribution in [2.45, 2.75) is 19.9 Å². The average molecular weight is 409 g/mol. The van der Waals surface area contributed by atoms with Crippen molar-refractivity contribution in [3.05, 3.63) is 76.0 Å². The number of amides is 2. The molecule has 6 heteroatoms. The van der Waals surface area contributed by atoms with Crippen LogP contribution in [-0.4, -0.2) is 31.6 Å². The molecule has 0 radical (unpaired) electrons. The predicted octanol–water partition coefficient (Wildman–Crippen LogP) is 4.74. The van der Waals surface area contributed by atoms with E-state index < -0.39 is 0 Å². The Balaban J connectivity index is 1.94. The molecule has 1 heterocycles. The van der Waals surface area contributed by atoms with E-state index in [0.717, 1.165) is 16.7 Å². The molecule has 0 aliphatic rings. The maximum absolute atomic E-state index is 12.8. The van der Waals surface area contributed by atoms with Gasteiger partial charge in [-0.2, -0.15) is 0 Å². The number of carbonyl (C=O) groups excluding carboxylic acids is 2. The summed E-state index contributed by atoms with van der Waals surface area (Å²) in [6, 6.07) is 16.9. The number of ether oxygens (including phenoxy) is 1. The third-order valence-electron chi connectivity index (χ3n) is 4.38. The lowest BCUT2D eigenvalue weighted by atomic mass is 10.0. The van der Waals surface area contributed by atoms with Gasteiger partial charge in [-0.3, -0.25) is 9.59 Å².